The Morgan fingerprint density at radius 3 is 2.41 bits per heavy atom. The van der Waals surface area contributed by atoms with Crippen LogP contribution in [0.25, 0.3) is 0 Å². The number of hydrogen-bond donors (Lipinski definition) is 2. The van der Waals surface area contributed by atoms with Crippen molar-refractivity contribution >= 4 is 17.3 Å². The van der Waals surface area contributed by atoms with E-state index < -0.39 is 0 Å². The third kappa shape index (κ3) is 2.50. The minimum atomic E-state index is -0.00407. The van der Waals surface area contributed by atoms with Crippen LogP contribution in [0.3, 0.4) is 0 Å². The van der Waals surface area contributed by atoms with Crippen LogP contribution in [0.2, 0.25) is 0 Å². The van der Waals surface area contributed by atoms with E-state index in [0.29, 0.717) is 16.9 Å². The third-order valence-corrected chi connectivity index (χ3v) is 3.10. The van der Waals surface area contributed by atoms with Gasteiger partial charge in [0.05, 0.1) is 5.56 Å². The first-order valence-electron chi connectivity index (χ1n) is 5.71. The molecular weight excluding hydrogens is 216 g/mol. The lowest BCUT2D eigenvalue weighted by Crippen LogP contribution is -2.47. The maximum absolute atomic E-state index is 12.2. The van der Waals surface area contributed by atoms with Gasteiger partial charge in [0, 0.05) is 37.6 Å². The van der Waals surface area contributed by atoms with Gasteiger partial charge in [-0.25, -0.2) is 0 Å². The van der Waals surface area contributed by atoms with E-state index >= 15 is 0 Å². The maximum atomic E-state index is 12.2. The molecule has 0 atom stereocenters. The summed E-state index contributed by atoms with van der Waals surface area (Å²) in [5, 5.41) is 0. The number of nitrogens with zero attached hydrogens (tertiary/aromatic N) is 2. The van der Waals surface area contributed by atoms with Gasteiger partial charge in [-0.3, -0.25) is 4.79 Å². The zero-order valence-electron chi connectivity index (χ0n) is 10.0. The molecule has 92 valence electrons. The maximum Gasteiger partial charge on any atom is 0.256 e. The highest BCUT2D eigenvalue weighted by Crippen LogP contribution is 2.18. The fourth-order valence-electron chi connectivity index (χ4n) is 1.96. The molecule has 0 saturated carbocycles. The molecule has 0 radical (unpaired) electrons. The number of piperazine rings is 1. The summed E-state index contributed by atoms with van der Waals surface area (Å²) in [7, 11) is 2.05. The summed E-state index contributed by atoms with van der Waals surface area (Å²) in [6.07, 6.45) is 0. The minimum absolute atomic E-state index is 0.00407. The number of hydrogen-bond acceptors (Lipinski definition) is 4. The molecule has 4 N–H and O–H groups in total. The van der Waals surface area contributed by atoms with Gasteiger partial charge in [-0.05, 0) is 25.2 Å². The van der Waals surface area contributed by atoms with Crippen LogP contribution in [-0.4, -0.2) is 48.9 Å². The highest BCUT2D eigenvalue weighted by molar-refractivity contribution is 5.99. The Labute approximate surface area is 101 Å². The van der Waals surface area contributed by atoms with Gasteiger partial charge in [0.15, 0.2) is 0 Å². The molecule has 5 nitrogen and oxygen atoms in total. The molecule has 1 amide bonds. The van der Waals surface area contributed by atoms with Gasteiger partial charge in [0.1, 0.15) is 0 Å². The van der Waals surface area contributed by atoms with E-state index in [1.807, 2.05) is 4.90 Å². The number of amides is 1. The van der Waals surface area contributed by atoms with Gasteiger partial charge in [-0.1, -0.05) is 0 Å². The van der Waals surface area contributed by atoms with Crippen molar-refractivity contribution in [3.8, 4) is 0 Å². The van der Waals surface area contributed by atoms with E-state index in [1.165, 1.54) is 0 Å². The SMILES string of the molecule is CN1CCN(C(=O)c2ccc(N)cc2N)CC1. The molecule has 1 aromatic rings. The molecule has 2 rings (SSSR count). The van der Waals surface area contributed by atoms with Crippen LogP contribution in [0, 0.1) is 0 Å². The van der Waals surface area contributed by atoms with Crippen molar-refractivity contribution in [2.45, 2.75) is 0 Å². The number of anilines is 2. The Hall–Kier alpha value is -1.75. The molecule has 1 aliphatic rings. The molecule has 0 bridgehead atoms. The fraction of sp³-hybridized carbons (Fsp3) is 0.417. The Morgan fingerprint density at radius 2 is 1.82 bits per heavy atom. The summed E-state index contributed by atoms with van der Waals surface area (Å²) in [4.78, 5) is 16.3. The van der Waals surface area contributed by atoms with Crippen molar-refractivity contribution in [2.24, 2.45) is 0 Å². The van der Waals surface area contributed by atoms with Crippen molar-refractivity contribution in [3.05, 3.63) is 23.8 Å². The van der Waals surface area contributed by atoms with Crippen molar-refractivity contribution < 1.29 is 4.79 Å². The molecular formula is C12H18N4O. The zero-order chi connectivity index (χ0) is 12.4. The summed E-state index contributed by atoms with van der Waals surface area (Å²) >= 11 is 0. The monoisotopic (exact) mass is 234 g/mol. The Bertz CT molecular complexity index is 425. The second-order valence-electron chi connectivity index (χ2n) is 4.44. The molecule has 0 aliphatic carbocycles. The average molecular weight is 234 g/mol. The number of carbonyl (C=O) groups excluding carboxylic acids is 1. The third-order valence-electron chi connectivity index (χ3n) is 3.10. The second-order valence-corrected chi connectivity index (χ2v) is 4.44. The molecule has 1 aliphatic heterocycles. The Balaban J connectivity index is 2.14. The van der Waals surface area contributed by atoms with E-state index in [4.69, 9.17) is 11.5 Å². The average Bonchev–Trinajstić information content (AvgIpc) is 2.29. The number of carbonyl (C=O) groups is 1. The fourth-order valence-corrected chi connectivity index (χ4v) is 1.96. The number of likely N-dealkylation sites (N-methyl/N-ethyl adjacent to an activating group) is 1. The quantitative estimate of drug-likeness (QED) is 0.682. The van der Waals surface area contributed by atoms with Gasteiger partial charge in [0.2, 0.25) is 0 Å². The lowest BCUT2D eigenvalue weighted by atomic mass is 10.1. The zero-order valence-corrected chi connectivity index (χ0v) is 10.0. The van der Waals surface area contributed by atoms with Crippen molar-refractivity contribution in [1.82, 2.24) is 9.80 Å². The number of nitrogens with two attached hydrogens (primary N) is 2. The van der Waals surface area contributed by atoms with Crippen LogP contribution in [0.4, 0.5) is 11.4 Å². The predicted octanol–water partition coefficient (Wildman–Crippen LogP) is 0.239. The molecule has 0 spiro atoms. The number of rotatable bonds is 1. The Morgan fingerprint density at radius 1 is 1.18 bits per heavy atom. The molecule has 17 heavy (non-hydrogen) atoms. The number of nitrogen functional groups attached to an aromatic ring is 2. The molecule has 1 fully saturated rings. The lowest BCUT2D eigenvalue weighted by Gasteiger charge is -2.32. The van der Waals surface area contributed by atoms with E-state index in [0.717, 1.165) is 26.2 Å². The van der Waals surface area contributed by atoms with Crippen LogP contribution in [-0.2, 0) is 0 Å². The normalized spacial score (nSPS) is 17.1. The molecule has 0 aromatic heterocycles. The van der Waals surface area contributed by atoms with Crippen LogP contribution >= 0.6 is 0 Å². The van der Waals surface area contributed by atoms with Crippen molar-refractivity contribution in [2.75, 3.05) is 44.7 Å². The molecule has 0 unspecified atom stereocenters. The lowest BCUT2D eigenvalue weighted by molar-refractivity contribution is 0.0665. The molecule has 1 aromatic carbocycles. The smallest absolute Gasteiger partial charge is 0.256 e. The minimum Gasteiger partial charge on any atom is -0.399 e. The summed E-state index contributed by atoms with van der Waals surface area (Å²) in [6.45, 7) is 3.31. The largest absolute Gasteiger partial charge is 0.399 e. The van der Waals surface area contributed by atoms with Crippen molar-refractivity contribution in [3.63, 3.8) is 0 Å². The van der Waals surface area contributed by atoms with Crippen molar-refractivity contribution in [1.29, 1.82) is 0 Å². The van der Waals surface area contributed by atoms with Gasteiger partial charge >= 0.3 is 0 Å². The summed E-state index contributed by atoms with van der Waals surface area (Å²) < 4.78 is 0. The first kappa shape index (κ1) is 11.7. The summed E-state index contributed by atoms with van der Waals surface area (Å²) in [5.74, 6) is -0.00407. The molecule has 1 saturated heterocycles. The van der Waals surface area contributed by atoms with Gasteiger partial charge < -0.3 is 21.3 Å². The van der Waals surface area contributed by atoms with Gasteiger partial charge in [0.25, 0.3) is 5.91 Å². The van der Waals surface area contributed by atoms with Crippen LogP contribution in [0.5, 0.6) is 0 Å². The highest BCUT2D eigenvalue weighted by atomic mass is 16.2. The van der Waals surface area contributed by atoms with Crippen LogP contribution in [0.1, 0.15) is 10.4 Å². The van der Waals surface area contributed by atoms with E-state index in [9.17, 15) is 4.79 Å². The van der Waals surface area contributed by atoms with Crippen LogP contribution < -0.4 is 11.5 Å². The summed E-state index contributed by atoms with van der Waals surface area (Å²) in [5.41, 5.74) is 13.0. The predicted molar refractivity (Wildman–Crippen MR) is 68.7 cm³/mol. The second kappa shape index (κ2) is 4.63. The van der Waals surface area contributed by atoms with E-state index in [1.54, 1.807) is 18.2 Å². The summed E-state index contributed by atoms with van der Waals surface area (Å²) in [6, 6.07) is 5.04. The van der Waals surface area contributed by atoms with Gasteiger partial charge in [-0.15, -0.1) is 0 Å². The first-order valence-corrected chi connectivity index (χ1v) is 5.71. The van der Waals surface area contributed by atoms with E-state index in [2.05, 4.69) is 11.9 Å². The van der Waals surface area contributed by atoms with E-state index in [-0.39, 0.29) is 5.91 Å². The standard InChI is InChI=1S/C12H18N4O/c1-15-4-6-16(7-5-15)12(17)10-3-2-9(13)8-11(10)14/h2-3,8H,4-7,13-14H2,1H3. The number of benzene rings is 1. The molecule has 1 heterocycles. The van der Waals surface area contributed by atoms with Crippen LogP contribution in [0.15, 0.2) is 18.2 Å². The highest BCUT2D eigenvalue weighted by Gasteiger charge is 2.21. The first-order chi connectivity index (χ1) is 8.08. The molecule has 5 heteroatoms. The Kier molecular flexibility index (Phi) is 3.19. The van der Waals surface area contributed by atoms with Gasteiger partial charge in [-0.2, -0.15) is 0 Å². The topological polar surface area (TPSA) is 75.6 Å².